The first kappa shape index (κ1) is 14.2. The van der Waals surface area contributed by atoms with E-state index < -0.39 is 0 Å². The van der Waals surface area contributed by atoms with Gasteiger partial charge in [0, 0.05) is 23.6 Å². The minimum atomic E-state index is 0.0475. The molecule has 4 heteroatoms. The SMILES string of the molecule is CCOc1cc(CC(Cl)C(C)(C)C)nc(C)n1. The Morgan fingerprint density at radius 2 is 2.00 bits per heavy atom. The van der Waals surface area contributed by atoms with Gasteiger partial charge in [-0.2, -0.15) is 4.98 Å². The minimum Gasteiger partial charge on any atom is -0.478 e. The minimum absolute atomic E-state index is 0.0475. The molecule has 0 saturated carbocycles. The van der Waals surface area contributed by atoms with Crippen LogP contribution in [0.2, 0.25) is 0 Å². The lowest BCUT2D eigenvalue weighted by Crippen LogP contribution is -2.23. The van der Waals surface area contributed by atoms with E-state index in [1.807, 2.05) is 19.9 Å². The average molecular weight is 257 g/mol. The van der Waals surface area contributed by atoms with Crippen LogP contribution in [0, 0.1) is 12.3 Å². The van der Waals surface area contributed by atoms with Crippen molar-refractivity contribution >= 4 is 11.6 Å². The molecule has 0 spiro atoms. The first-order valence-electron chi connectivity index (χ1n) is 5.94. The maximum atomic E-state index is 6.37. The number of ether oxygens (including phenoxy) is 1. The first-order valence-corrected chi connectivity index (χ1v) is 6.38. The highest BCUT2D eigenvalue weighted by Gasteiger charge is 2.23. The standard InChI is InChI=1S/C13H21ClN2O/c1-6-17-12-8-10(15-9(2)16-12)7-11(14)13(3,4)5/h8,11H,6-7H2,1-5H3. The zero-order valence-electron chi connectivity index (χ0n) is 11.2. The molecule has 0 radical (unpaired) electrons. The van der Waals surface area contributed by atoms with Crippen LogP contribution in [0.4, 0.5) is 0 Å². The van der Waals surface area contributed by atoms with Gasteiger partial charge >= 0.3 is 0 Å². The van der Waals surface area contributed by atoms with Crippen molar-refractivity contribution in [3.05, 3.63) is 17.6 Å². The zero-order chi connectivity index (χ0) is 13.1. The molecule has 1 rings (SSSR count). The van der Waals surface area contributed by atoms with Crippen LogP contribution in [0.15, 0.2) is 6.07 Å². The van der Waals surface area contributed by atoms with Gasteiger partial charge in [0.05, 0.1) is 6.61 Å². The third kappa shape index (κ3) is 4.50. The predicted molar refractivity (Wildman–Crippen MR) is 70.7 cm³/mol. The van der Waals surface area contributed by atoms with Crippen molar-refractivity contribution in [2.24, 2.45) is 5.41 Å². The molecule has 1 unspecified atom stereocenters. The molecule has 96 valence electrons. The van der Waals surface area contributed by atoms with Gasteiger partial charge in [-0.25, -0.2) is 4.98 Å². The van der Waals surface area contributed by atoms with Crippen molar-refractivity contribution in [1.82, 2.24) is 9.97 Å². The van der Waals surface area contributed by atoms with Crippen LogP contribution in [-0.4, -0.2) is 22.0 Å². The highest BCUT2D eigenvalue weighted by atomic mass is 35.5. The Labute approximate surface area is 109 Å². The van der Waals surface area contributed by atoms with Gasteiger partial charge in [-0.1, -0.05) is 20.8 Å². The maximum absolute atomic E-state index is 6.37. The molecule has 0 fully saturated rings. The largest absolute Gasteiger partial charge is 0.478 e. The Hall–Kier alpha value is -0.830. The number of hydrogen-bond donors (Lipinski definition) is 0. The van der Waals surface area contributed by atoms with Crippen molar-refractivity contribution in [3.63, 3.8) is 0 Å². The normalized spacial score (nSPS) is 13.5. The van der Waals surface area contributed by atoms with Gasteiger partial charge in [0.2, 0.25) is 5.88 Å². The highest BCUT2D eigenvalue weighted by molar-refractivity contribution is 6.21. The van der Waals surface area contributed by atoms with Gasteiger partial charge in [0.15, 0.2) is 0 Å². The number of hydrogen-bond acceptors (Lipinski definition) is 3. The topological polar surface area (TPSA) is 35.0 Å². The molecule has 1 aromatic rings. The molecular weight excluding hydrogens is 236 g/mol. The summed E-state index contributed by atoms with van der Waals surface area (Å²) in [6, 6.07) is 1.87. The number of halogens is 1. The molecule has 0 aliphatic carbocycles. The molecule has 1 atom stereocenters. The Morgan fingerprint density at radius 1 is 1.35 bits per heavy atom. The van der Waals surface area contributed by atoms with Crippen molar-refractivity contribution in [2.45, 2.75) is 46.4 Å². The van der Waals surface area contributed by atoms with Crippen molar-refractivity contribution in [3.8, 4) is 5.88 Å². The van der Waals surface area contributed by atoms with E-state index in [4.69, 9.17) is 16.3 Å². The Morgan fingerprint density at radius 3 is 2.53 bits per heavy atom. The molecule has 0 aliphatic rings. The lowest BCUT2D eigenvalue weighted by Gasteiger charge is -2.24. The second kappa shape index (κ2) is 5.67. The predicted octanol–water partition coefficient (Wildman–Crippen LogP) is 3.38. The van der Waals surface area contributed by atoms with Crippen LogP contribution in [-0.2, 0) is 6.42 Å². The van der Waals surface area contributed by atoms with Crippen LogP contribution >= 0.6 is 11.6 Å². The fourth-order valence-electron chi connectivity index (χ4n) is 1.42. The van der Waals surface area contributed by atoms with Crippen LogP contribution in [0.3, 0.4) is 0 Å². The maximum Gasteiger partial charge on any atom is 0.216 e. The lowest BCUT2D eigenvalue weighted by molar-refractivity contribution is 0.324. The second-order valence-electron chi connectivity index (χ2n) is 5.22. The Bertz CT molecular complexity index is 374. The fourth-order valence-corrected chi connectivity index (χ4v) is 1.57. The van der Waals surface area contributed by atoms with Gasteiger partial charge in [-0.3, -0.25) is 0 Å². The smallest absolute Gasteiger partial charge is 0.216 e. The number of nitrogens with zero attached hydrogens (tertiary/aromatic N) is 2. The van der Waals surface area contributed by atoms with Crippen LogP contribution in [0.1, 0.15) is 39.2 Å². The monoisotopic (exact) mass is 256 g/mol. The van der Waals surface area contributed by atoms with E-state index in [2.05, 4.69) is 30.7 Å². The van der Waals surface area contributed by atoms with Crippen LogP contribution in [0.25, 0.3) is 0 Å². The third-order valence-electron chi connectivity index (χ3n) is 2.49. The zero-order valence-corrected chi connectivity index (χ0v) is 12.0. The lowest BCUT2D eigenvalue weighted by atomic mass is 9.89. The summed E-state index contributed by atoms with van der Waals surface area (Å²) in [4.78, 5) is 8.61. The molecule has 0 amide bonds. The van der Waals surface area contributed by atoms with E-state index in [1.54, 1.807) is 0 Å². The summed E-state index contributed by atoms with van der Waals surface area (Å²) in [7, 11) is 0. The third-order valence-corrected chi connectivity index (χ3v) is 3.30. The fraction of sp³-hybridized carbons (Fsp3) is 0.692. The second-order valence-corrected chi connectivity index (χ2v) is 5.74. The molecule has 1 aromatic heterocycles. The summed E-state index contributed by atoms with van der Waals surface area (Å²) >= 11 is 6.37. The summed E-state index contributed by atoms with van der Waals surface area (Å²) in [6.07, 6.45) is 0.731. The van der Waals surface area contributed by atoms with Gasteiger partial charge in [-0.15, -0.1) is 11.6 Å². The summed E-state index contributed by atoms with van der Waals surface area (Å²) in [5.41, 5.74) is 1.00. The summed E-state index contributed by atoms with van der Waals surface area (Å²) < 4.78 is 5.40. The molecule has 0 saturated heterocycles. The molecule has 3 nitrogen and oxygen atoms in total. The van der Waals surface area contributed by atoms with Crippen molar-refractivity contribution in [2.75, 3.05) is 6.61 Å². The number of rotatable bonds is 4. The first-order chi connectivity index (χ1) is 7.82. The number of alkyl halides is 1. The van der Waals surface area contributed by atoms with Gasteiger partial charge in [-0.05, 0) is 19.3 Å². The number of aryl methyl sites for hydroxylation is 1. The summed E-state index contributed by atoms with van der Waals surface area (Å²) in [6.45, 7) is 10.8. The van der Waals surface area contributed by atoms with E-state index in [0.29, 0.717) is 12.5 Å². The van der Waals surface area contributed by atoms with E-state index in [9.17, 15) is 0 Å². The highest BCUT2D eigenvalue weighted by Crippen LogP contribution is 2.27. The summed E-state index contributed by atoms with van der Waals surface area (Å²) in [5.74, 6) is 1.36. The van der Waals surface area contributed by atoms with Crippen LogP contribution in [0.5, 0.6) is 5.88 Å². The van der Waals surface area contributed by atoms with Crippen molar-refractivity contribution < 1.29 is 4.74 Å². The Kier molecular flexibility index (Phi) is 4.75. The van der Waals surface area contributed by atoms with E-state index >= 15 is 0 Å². The molecule has 0 aliphatic heterocycles. The molecule has 17 heavy (non-hydrogen) atoms. The Balaban J connectivity index is 2.84. The molecular formula is C13H21ClN2O. The average Bonchev–Trinajstić information content (AvgIpc) is 2.15. The molecule has 0 bridgehead atoms. The molecule has 0 N–H and O–H groups in total. The molecule has 0 aromatic carbocycles. The molecule has 1 heterocycles. The van der Waals surface area contributed by atoms with E-state index in [-0.39, 0.29) is 10.8 Å². The summed E-state index contributed by atoms with van der Waals surface area (Å²) in [5, 5.41) is 0.0475. The van der Waals surface area contributed by atoms with E-state index in [1.165, 1.54) is 0 Å². The number of aromatic nitrogens is 2. The van der Waals surface area contributed by atoms with Gasteiger partial charge in [0.1, 0.15) is 5.82 Å². The van der Waals surface area contributed by atoms with Crippen LogP contribution < -0.4 is 4.74 Å². The quantitative estimate of drug-likeness (QED) is 0.775. The van der Waals surface area contributed by atoms with Gasteiger partial charge in [0.25, 0.3) is 0 Å². The van der Waals surface area contributed by atoms with Gasteiger partial charge < -0.3 is 4.74 Å². The van der Waals surface area contributed by atoms with E-state index in [0.717, 1.165) is 17.9 Å². The van der Waals surface area contributed by atoms with Crippen molar-refractivity contribution in [1.29, 1.82) is 0 Å².